The largest absolute Gasteiger partial charge is 0.346 e. The molecule has 1 aliphatic carbocycles. The van der Waals surface area contributed by atoms with Crippen LogP contribution in [0.15, 0.2) is 24.4 Å². The van der Waals surface area contributed by atoms with Gasteiger partial charge in [0.05, 0.1) is 17.2 Å². The van der Waals surface area contributed by atoms with Crippen molar-refractivity contribution in [2.75, 3.05) is 24.2 Å². The molecule has 0 bridgehead atoms. The third-order valence-electron chi connectivity index (χ3n) is 5.20. The van der Waals surface area contributed by atoms with Crippen molar-refractivity contribution >= 4 is 38.9 Å². The minimum absolute atomic E-state index is 0.0929. The molecule has 27 heavy (non-hydrogen) atoms. The number of amides is 1. The fourth-order valence-electron chi connectivity index (χ4n) is 3.47. The number of nitrogens with one attached hydrogen (secondary N) is 2. The minimum atomic E-state index is -3.46. The molecule has 4 rings (SSSR count). The zero-order chi connectivity index (χ0) is 19.1. The van der Waals surface area contributed by atoms with E-state index in [1.165, 1.54) is 4.31 Å². The number of aromatic nitrogens is 2. The summed E-state index contributed by atoms with van der Waals surface area (Å²) >= 11 is 0. The molecule has 8 nitrogen and oxygen atoms in total. The van der Waals surface area contributed by atoms with E-state index in [2.05, 4.69) is 21.4 Å². The summed E-state index contributed by atoms with van der Waals surface area (Å²) in [5.41, 5.74) is 1.93. The SMILES string of the molecule is N#CC1(CS(=O)(=O)N2CC=C(c3cc(NC=O)nc4[nH]ccc34)CC2)CC1. The predicted molar refractivity (Wildman–Crippen MR) is 101 cm³/mol. The van der Waals surface area contributed by atoms with Crippen LogP contribution in [0, 0.1) is 16.7 Å². The fraction of sp³-hybridized carbons (Fsp3) is 0.389. The number of hydrogen-bond donors (Lipinski definition) is 2. The molecule has 1 aliphatic heterocycles. The molecule has 0 aromatic carbocycles. The Morgan fingerprint density at radius 1 is 1.44 bits per heavy atom. The Kier molecular flexibility index (Phi) is 4.25. The summed E-state index contributed by atoms with van der Waals surface area (Å²) in [7, 11) is -3.46. The molecule has 140 valence electrons. The lowest BCUT2D eigenvalue weighted by Gasteiger charge is -2.27. The summed E-state index contributed by atoms with van der Waals surface area (Å²) in [5.74, 6) is 0.347. The summed E-state index contributed by atoms with van der Waals surface area (Å²) in [6.07, 6.45) is 6.14. The maximum absolute atomic E-state index is 12.6. The topological polar surface area (TPSA) is 119 Å². The summed E-state index contributed by atoms with van der Waals surface area (Å²) in [4.78, 5) is 18.1. The molecule has 2 aromatic heterocycles. The van der Waals surface area contributed by atoms with E-state index in [1.807, 2.05) is 12.1 Å². The molecule has 0 spiro atoms. The van der Waals surface area contributed by atoms with E-state index in [1.54, 1.807) is 12.3 Å². The molecule has 3 heterocycles. The number of rotatable bonds is 6. The number of sulfonamides is 1. The average molecular weight is 385 g/mol. The molecule has 1 fully saturated rings. The van der Waals surface area contributed by atoms with Gasteiger partial charge in [-0.15, -0.1) is 0 Å². The summed E-state index contributed by atoms with van der Waals surface area (Å²) in [6, 6.07) is 5.86. The van der Waals surface area contributed by atoms with E-state index in [9.17, 15) is 18.5 Å². The van der Waals surface area contributed by atoms with E-state index in [0.717, 1.165) is 16.5 Å². The number of carbonyl (C=O) groups excluding carboxylic acids is 1. The number of aromatic amines is 1. The Balaban J connectivity index is 1.59. The number of hydrogen-bond acceptors (Lipinski definition) is 5. The Labute approximate surface area is 156 Å². The molecule has 2 N–H and O–H groups in total. The third-order valence-corrected chi connectivity index (χ3v) is 7.23. The second-order valence-corrected chi connectivity index (χ2v) is 9.01. The van der Waals surface area contributed by atoms with Gasteiger partial charge in [-0.3, -0.25) is 4.79 Å². The molecular weight excluding hydrogens is 366 g/mol. The molecule has 0 atom stereocenters. The number of anilines is 1. The number of nitrogens with zero attached hydrogens (tertiary/aromatic N) is 3. The monoisotopic (exact) mass is 385 g/mol. The second kappa shape index (κ2) is 6.48. The van der Waals surface area contributed by atoms with Crippen molar-refractivity contribution in [3.63, 3.8) is 0 Å². The van der Waals surface area contributed by atoms with Gasteiger partial charge in [0.2, 0.25) is 16.4 Å². The standard InChI is InChI=1S/C18H19N5O3S/c19-10-18(4-5-18)11-27(25,26)23-7-2-13(3-8-23)15-9-16(21-12-24)22-17-14(15)1-6-20-17/h1-2,6,9,12H,3-5,7-8,11H2,(H2,20,21,22,24). The van der Waals surface area contributed by atoms with E-state index < -0.39 is 15.4 Å². The van der Waals surface area contributed by atoms with Crippen LogP contribution in [-0.2, 0) is 14.8 Å². The highest BCUT2D eigenvalue weighted by molar-refractivity contribution is 7.89. The molecule has 2 aliphatic rings. The summed E-state index contributed by atoms with van der Waals surface area (Å²) in [6.45, 7) is 0.657. The Morgan fingerprint density at radius 2 is 2.26 bits per heavy atom. The zero-order valence-electron chi connectivity index (χ0n) is 14.6. The first-order valence-electron chi connectivity index (χ1n) is 8.73. The second-order valence-electron chi connectivity index (χ2n) is 7.04. The number of pyridine rings is 1. The smallest absolute Gasteiger partial charge is 0.215 e. The van der Waals surface area contributed by atoms with Crippen molar-refractivity contribution in [3.05, 3.63) is 30.0 Å². The highest BCUT2D eigenvalue weighted by Crippen LogP contribution is 2.46. The quantitative estimate of drug-likeness (QED) is 0.736. The molecule has 0 radical (unpaired) electrons. The highest BCUT2D eigenvalue weighted by atomic mass is 32.2. The van der Waals surface area contributed by atoms with Crippen molar-refractivity contribution in [3.8, 4) is 6.07 Å². The first-order chi connectivity index (χ1) is 13.0. The molecule has 9 heteroatoms. The fourth-order valence-corrected chi connectivity index (χ4v) is 5.37. The summed E-state index contributed by atoms with van der Waals surface area (Å²) < 4.78 is 26.7. The van der Waals surface area contributed by atoms with Crippen LogP contribution < -0.4 is 5.32 Å². The zero-order valence-corrected chi connectivity index (χ0v) is 15.4. The van der Waals surface area contributed by atoms with Crippen LogP contribution in [0.4, 0.5) is 5.82 Å². The van der Waals surface area contributed by atoms with Crippen LogP contribution in [-0.4, -0.2) is 47.9 Å². The van der Waals surface area contributed by atoms with Gasteiger partial charge < -0.3 is 10.3 Å². The number of carbonyl (C=O) groups is 1. The first kappa shape index (κ1) is 17.7. The van der Waals surface area contributed by atoms with Gasteiger partial charge in [0.25, 0.3) is 0 Å². The number of fused-ring (bicyclic) bond motifs is 1. The van der Waals surface area contributed by atoms with E-state index in [-0.39, 0.29) is 12.3 Å². The Hall–Kier alpha value is -2.70. The maximum atomic E-state index is 12.6. The van der Waals surface area contributed by atoms with Crippen LogP contribution in [0.1, 0.15) is 24.8 Å². The lowest BCUT2D eigenvalue weighted by Crippen LogP contribution is -2.38. The summed E-state index contributed by atoms with van der Waals surface area (Å²) in [5, 5.41) is 12.7. The lowest BCUT2D eigenvalue weighted by atomic mass is 9.98. The van der Waals surface area contributed by atoms with Crippen molar-refractivity contribution < 1.29 is 13.2 Å². The van der Waals surface area contributed by atoms with Crippen LogP contribution in [0.25, 0.3) is 16.6 Å². The maximum Gasteiger partial charge on any atom is 0.215 e. The first-order valence-corrected chi connectivity index (χ1v) is 10.3. The van der Waals surface area contributed by atoms with Gasteiger partial charge in [-0.1, -0.05) is 6.08 Å². The van der Waals surface area contributed by atoms with Crippen molar-refractivity contribution in [1.82, 2.24) is 14.3 Å². The molecule has 2 aromatic rings. The van der Waals surface area contributed by atoms with Gasteiger partial charge in [0.15, 0.2) is 0 Å². The van der Waals surface area contributed by atoms with Crippen LogP contribution in [0.5, 0.6) is 0 Å². The Morgan fingerprint density at radius 3 is 2.89 bits per heavy atom. The van der Waals surface area contributed by atoms with Crippen molar-refractivity contribution in [1.29, 1.82) is 5.26 Å². The van der Waals surface area contributed by atoms with Crippen LogP contribution >= 0.6 is 0 Å². The van der Waals surface area contributed by atoms with E-state index in [4.69, 9.17) is 0 Å². The third kappa shape index (κ3) is 3.34. The average Bonchev–Trinajstić information content (AvgIpc) is 3.26. The molecule has 1 amide bonds. The predicted octanol–water partition coefficient (Wildman–Crippen LogP) is 1.85. The molecule has 1 saturated carbocycles. The van der Waals surface area contributed by atoms with Crippen LogP contribution in [0.3, 0.4) is 0 Å². The van der Waals surface area contributed by atoms with Gasteiger partial charge in [-0.2, -0.15) is 9.57 Å². The highest BCUT2D eigenvalue weighted by Gasteiger charge is 2.48. The minimum Gasteiger partial charge on any atom is -0.346 e. The van der Waals surface area contributed by atoms with E-state index in [0.29, 0.717) is 43.7 Å². The number of H-pyrrole nitrogens is 1. The van der Waals surface area contributed by atoms with Gasteiger partial charge in [-0.05, 0) is 42.5 Å². The van der Waals surface area contributed by atoms with Crippen molar-refractivity contribution in [2.45, 2.75) is 19.3 Å². The van der Waals surface area contributed by atoms with Gasteiger partial charge in [-0.25, -0.2) is 13.4 Å². The molecule has 0 unspecified atom stereocenters. The van der Waals surface area contributed by atoms with Gasteiger partial charge >= 0.3 is 0 Å². The normalized spacial score (nSPS) is 19.3. The molecular formula is C18H19N5O3S. The molecule has 0 saturated heterocycles. The van der Waals surface area contributed by atoms with E-state index >= 15 is 0 Å². The Bertz CT molecular complexity index is 1080. The van der Waals surface area contributed by atoms with Gasteiger partial charge in [0.1, 0.15) is 11.5 Å². The lowest BCUT2D eigenvalue weighted by molar-refractivity contribution is -0.105. The number of nitriles is 1. The van der Waals surface area contributed by atoms with Crippen molar-refractivity contribution in [2.24, 2.45) is 5.41 Å². The van der Waals surface area contributed by atoms with Crippen LogP contribution in [0.2, 0.25) is 0 Å². The van der Waals surface area contributed by atoms with Gasteiger partial charge in [0, 0.05) is 24.7 Å².